The number of carbonyl (C=O) groups is 1. The summed E-state index contributed by atoms with van der Waals surface area (Å²) >= 11 is 0. The first-order valence-electron chi connectivity index (χ1n) is 6.23. The third kappa shape index (κ3) is 4.09. The van der Waals surface area contributed by atoms with E-state index in [9.17, 15) is 4.79 Å². The van der Waals surface area contributed by atoms with Gasteiger partial charge in [-0.3, -0.25) is 9.88 Å². The predicted molar refractivity (Wildman–Crippen MR) is 66.4 cm³/mol. The quantitative estimate of drug-likeness (QED) is 0.575. The number of esters is 1. The fourth-order valence-electron chi connectivity index (χ4n) is 1.84. The molecule has 0 unspecified atom stereocenters. The van der Waals surface area contributed by atoms with Crippen LogP contribution in [-0.2, 0) is 9.47 Å². The predicted octanol–water partition coefficient (Wildman–Crippen LogP) is 0.961. The number of rotatable bonds is 5. The lowest BCUT2D eigenvalue weighted by Gasteiger charge is -2.26. The maximum absolute atomic E-state index is 11.6. The molecule has 2 rings (SSSR count). The van der Waals surface area contributed by atoms with Gasteiger partial charge in [0.1, 0.15) is 0 Å². The summed E-state index contributed by atoms with van der Waals surface area (Å²) < 4.78 is 10.5. The van der Waals surface area contributed by atoms with Crippen LogP contribution in [0.15, 0.2) is 24.5 Å². The van der Waals surface area contributed by atoms with Gasteiger partial charge in [-0.05, 0) is 18.6 Å². The Balaban J connectivity index is 1.62. The van der Waals surface area contributed by atoms with Crippen LogP contribution >= 0.6 is 0 Å². The van der Waals surface area contributed by atoms with Gasteiger partial charge in [-0.2, -0.15) is 0 Å². The summed E-state index contributed by atoms with van der Waals surface area (Å²) in [6, 6.07) is 3.43. The van der Waals surface area contributed by atoms with Gasteiger partial charge in [0.25, 0.3) is 0 Å². The van der Waals surface area contributed by atoms with Gasteiger partial charge in [0, 0.05) is 32.0 Å². The van der Waals surface area contributed by atoms with Crippen LogP contribution in [0, 0.1) is 0 Å². The molecule has 0 aliphatic carbocycles. The Morgan fingerprint density at radius 3 is 3.00 bits per heavy atom. The third-order valence-electron chi connectivity index (χ3n) is 2.85. The standard InChI is InChI=1S/C13H18N2O3/c16-13(12-3-1-4-14-11-12)18-8-2-5-15-6-9-17-10-7-15/h1,3-4,11H,2,5-10H2. The molecule has 0 amide bonds. The van der Waals surface area contributed by atoms with Crippen molar-refractivity contribution in [2.24, 2.45) is 0 Å². The lowest BCUT2D eigenvalue weighted by atomic mass is 10.3. The normalized spacial score (nSPS) is 16.4. The molecule has 0 aromatic carbocycles. The van der Waals surface area contributed by atoms with E-state index in [4.69, 9.17) is 9.47 Å². The molecule has 1 aliphatic rings. The van der Waals surface area contributed by atoms with Crippen molar-refractivity contribution < 1.29 is 14.3 Å². The van der Waals surface area contributed by atoms with Crippen molar-refractivity contribution >= 4 is 5.97 Å². The number of hydrogen-bond donors (Lipinski definition) is 0. The summed E-state index contributed by atoms with van der Waals surface area (Å²) in [4.78, 5) is 17.8. The lowest BCUT2D eigenvalue weighted by molar-refractivity contribution is 0.0298. The topological polar surface area (TPSA) is 51.7 Å². The second-order valence-corrected chi connectivity index (χ2v) is 4.19. The molecule has 18 heavy (non-hydrogen) atoms. The molecule has 0 bridgehead atoms. The lowest BCUT2D eigenvalue weighted by Crippen LogP contribution is -2.37. The van der Waals surface area contributed by atoms with Gasteiger partial charge in [-0.25, -0.2) is 4.79 Å². The van der Waals surface area contributed by atoms with E-state index in [1.165, 1.54) is 6.20 Å². The Kier molecular flexibility index (Phi) is 5.11. The molecule has 1 aliphatic heterocycles. The van der Waals surface area contributed by atoms with E-state index in [1.807, 2.05) is 0 Å². The number of nitrogens with zero attached hydrogens (tertiary/aromatic N) is 2. The molecule has 1 fully saturated rings. The molecule has 0 radical (unpaired) electrons. The molecule has 2 heterocycles. The van der Waals surface area contributed by atoms with E-state index < -0.39 is 0 Å². The maximum Gasteiger partial charge on any atom is 0.339 e. The number of aromatic nitrogens is 1. The highest BCUT2D eigenvalue weighted by Crippen LogP contribution is 2.01. The number of carbonyl (C=O) groups excluding carboxylic acids is 1. The Hall–Kier alpha value is -1.46. The molecule has 0 saturated carbocycles. The van der Waals surface area contributed by atoms with Gasteiger partial charge in [-0.1, -0.05) is 0 Å². The molecule has 0 N–H and O–H groups in total. The van der Waals surface area contributed by atoms with Crippen LogP contribution in [0.3, 0.4) is 0 Å². The van der Waals surface area contributed by atoms with Gasteiger partial charge in [0.05, 0.1) is 25.4 Å². The Morgan fingerprint density at radius 1 is 1.44 bits per heavy atom. The highest BCUT2D eigenvalue weighted by atomic mass is 16.5. The van der Waals surface area contributed by atoms with Crippen molar-refractivity contribution in [1.29, 1.82) is 0 Å². The minimum absolute atomic E-state index is 0.301. The summed E-state index contributed by atoms with van der Waals surface area (Å²) in [6.45, 7) is 4.94. The average Bonchev–Trinajstić information content (AvgIpc) is 2.45. The van der Waals surface area contributed by atoms with Crippen LogP contribution in [0.25, 0.3) is 0 Å². The van der Waals surface area contributed by atoms with Crippen LogP contribution in [-0.4, -0.2) is 55.3 Å². The molecule has 1 aromatic rings. The summed E-state index contributed by atoms with van der Waals surface area (Å²) in [5, 5.41) is 0. The number of pyridine rings is 1. The zero-order valence-electron chi connectivity index (χ0n) is 10.4. The van der Waals surface area contributed by atoms with Gasteiger partial charge in [0.15, 0.2) is 0 Å². The summed E-state index contributed by atoms with van der Waals surface area (Å²) in [5.41, 5.74) is 0.504. The van der Waals surface area contributed by atoms with E-state index in [0.29, 0.717) is 12.2 Å². The average molecular weight is 250 g/mol. The monoisotopic (exact) mass is 250 g/mol. The van der Waals surface area contributed by atoms with Crippen molar-refractivity contribution in [2.45, 2.75) is 6.42 Å². The van der Waals surface area contributed by atoms with E-state index in [-0.39, 0.29) is 5.97 Å². The third-order valence-corrected chi connectivity index (χ3v) is 2.85. The molecule has 0 spiro atoms. The fraction of sp³-hybridized carbons (Fsp3) is 0.538. The van der Waals surface area contributed by atoms with Gasteiger partial charge in [-0.15, -0.1) is 0 Å². The van der Waals surface area contributed by atoms with E-state index in [1.54, 1.807) is 18.3 Å². The van der Waals surface area contributed by atoms with Crippen LogP contribution in [0.1, 0.15) is 16.8 Å². The molecular formula is C13H18N2O3. The molecular weight excluding hydrogens is 232 g/mol. The summed E-state index contributed by atoms with van der Waals surface area (Å²) in [7, 11) is 0. The first-order chi connectivity index (χ1) is 8.86. The molecule has 1 aromatic heterocycles. The van der Waals surface area contributed by atoms with Crippen LogP contribution in [0.5, 0.6) is 0 Å². The Bertz CT molecular complexity index is 364. The Labute approximate surface area is 107 Å². The second kappa shape index (κ2) is 7.08. The number of morpholine rings is 1. The molecule has 5 heteroatoms. The van der Waals surface area contributed by atoms with E-state index in [2.05, 4.69) is 9.88 Å². The first kappa shape index (κ1) is 13.0. The van der Waals surface area contributed by atoms with Crippen LogP contribution in [0.4, 0.5) is 0 Å². The van der Waals surface area contributed by atoms with Gasteiger partial charge < -0.3 is 9.47 Å². The second-order valence-electron chi connectivity index (χ2n) is 4.19. The zero-order valence-corrected chi connectivity index (χ0v) is 10.4. The zero-order chi connectivity index (χ0) is 12.6. The Morgan fingerprint density at radius 2 is 2.28 bits per heavy atom. The minimum atomic E-state index is -0.301. The van der Waals surface area contributed by atoms with Crippen molar-refractivity contribution in [3.63, 3.8) is 0 Å². The van der Waals surface area contributed by atoms with E-state index >= 15 is 0 Å². The fourth-order valence-corrected chi connectivity index (χ4v) is 1.84. The SMILES string of the molecule is O=C(OCCCN1CCOCC1)c1cccnc1. The summed E-state index contributed by atoms with van der Waals surface area (Å²) in [5.74, 6) is -0.301. The van der Waals surface area contributed by atoms with Gasteiger partial charge in [0.2, 0.25) is 0 Å². The first-order valence-corrected chi connectivity index (χ1v) is 6.23. The highest BCUT2D eigenvalue weighted by Gasteiger charge is 2.10. The largest absolute Gasteiger partial charge is 0.462 e. The molecule has 98 valence electrons. The maximum atomic E-state index is 11.6. The number of hydrogen-bond acceptors (Lipinski definition) is 5. The summed E-state index contributed by atoms with van der Waals surface area (Å²) in [6.07, 6.45) is 4.01. The van der Waals surface area contributed by atoms with Crippen LogP contribution in [0.2, 0.25) is 0 Å². The highest BCUT2D eigenvalue weighted by molar-refractivity contribution is 5.88. The van der Waals surface area contributed by atoms with Crippen molar-refractivity contribution in [3.8, 4) is 0 Å². The number of ether oxygens (including phenoxy) is 2. The minimum Gasteiger partial charge on any atom is -0.462 e. The smallest absolute Gasteiger partial charge is 0.339 e. The molecule has 1 saturated heterocycles. The van der Waals surface area contributed by atoms with Crippen molar-refractivity contribution in [3.05, 3.63) is 30.1 Å². The van der Waals surface area contributed by atoms with Gasteiger partial charge >= 0.3 is 5.97 Å². The van der Waals surface area contributed by atoms with E-state index in [0.717, 1.165) is 39.3 Å². The van der Waals surface area contributed by atoms with Crippen LogP contribution < -0.4 is 0 Å². The van der Waals surface area contributed by atoms with Crippen molar-refractivity contribution in [2.75, 3.05) is 39.5 Å². The van der Waals surface area contributed by atoms with Crippen molar-refractivity contribution in [1.82, 2.24) is 9.88 Å². The molecule has 5 nitrogen and oxygen atoms in total. The molecule has 0 atom stereocenters.